The van der Waals surface area contributed by atoms with Gasteiger partial charge in [-0.2, -0.15) is 0 Å². The second kappa shape index (κ2) is 5.33. The van der Waals surface area contributed by atoms with Crippen LogP contribution >= 0.6 is 38.5 Å². The zero-order chi connectivity index (χ0) is 13.2. The molecule has 1 rings (SSSR count). The zero-order valence-corrected chi connectivity index (χ0v) is 11.5. The average Bonchev–Trinajstić information content (AvgIpc) is 2.14. The van der Waals surface area contributed by atoms with Crippen LogP contribution in [0.15, 0.2) is 6.07 Å². The summed E-state index contributed by atoms with van der Waals surface area (Å²) in [7, 11) is 0. The van der Waals surface area contributed by atoms with E-state index >= 15 is 0 Å². The maximum atomic E-state index is 12.1. The molecule has 0 bridgehead atoms. The Hall–Kier alpha value is -0.650. The number of nitrogens with zero attached hydrogens (tertiary/aromatic N) is 2. The molecule has 0 atom stereocenters. The van der Waals surface area contributed by atoms with Gasteiger partial charge in [0.2, 0.25) is 3.70 Å². The Kier molecular flexibility index (Phi) is 4.52. The Morgan fingerprint density at radius 2 is 2.18 bits per heavy atom. The van der Waals surface area contributed by atoms with Gasteiger partial charge >= 0.3 is 12.2 Å². The van der Waals surface area contributed by atoms with E-state index in [0.717, 1.165) is 0 Å². The minimum Gasteiger partial charge on any atom is -0.405 e. The van der Waals surface area contributed by atoms with Crippen molar-refractivity contribution in [1.82, 2.24) is 4.98 Å². The molecule has 0 aliphatic rings. The predicted molar refractivity (Wildman–Crippen MR) is 62.9 cm³/mol. The molecule has 0 fully saturated rings. The summed E-state index contributed by atoms with van der Waals surface area (Å²) in [6.07, 6.45) is -4.91. The summed E-state index contributed by atoms with van der Waals surface area (Å²) >= 11 is 4.57. The zero-order valence-electron chi connectivity index (χ0n) is 7.79. The van der Waals surface area contributed by atoms with Gasteiger partial charge in [0.25, 0.3) is 0 Å². The fraction of sp³-hybridized carbons (Fsp3) is 0.286. The number of hydrogen-bond donors (Lipinski definition) is 0. The SMILES string of the molecule is O=[N+]([O-])c1cc(OC(F)(F)F)c(CBr)c(I)n1. The van der Waals surface area contributed by atoms with Crippen LogP contribution in [0.4, 0.5) is 19.0 Å². The predicted octanol–water partition coefficient (Wildman–Crippen LogP) is 3.39. The van der Waals surface area contributed by atoms with Crippen LogP contribution in [-0.4, -0.2) is 16.3 Å². The molecular formula is C7H3BrF3IN2O3. The standard InChI is InChI=1S/C7H3BrF3IN2O3/c8-2-3-4(17-7(9,10)11)1-5(14(15)16)13-6(3)12/h1H,2H2. The van der Waals surface area contributed by atoms with Crippen LogP contribution in [0.1, 0.15) is 5.56 Å². The number of aromatic nitrogens is 1. The molecule has 1 aromatic heterocycles. The Labute approximate surface area is 115 Å². The Balaban J connectivity index is 3.29. The normalized spacial score (nSPS) is 11.4. The van der Waals surface area contributed by atoms with E-state index < -0.39 is 22.9 Å². The van der Waals surface area contributed by atoms with Crippen molar-refractivity contribution in [3.63, 3.8) is 0 Å². The first-order chi connectivity index (χ1) is 7.74. The van der Waals surface area contributed by atoms with E-state index in [4.69, 9.17) is 0 Å². The van der Waals surface area contributed by atoms with Gasteiger partial charge in [-0.25, -0.2) is 0 Å². The summed E-state index contributed by atoms with van der Waals surface area (Å²) in [6, 6.07) is 0.645. The Bertz CT molecular complexity index is 455. The lowest BCUT2D eigenvalue weighted by atomic mass is 10.3. The number of nitro groups is 1. The maximum Gasteiger partial charge on any atom is 0.573 e. The van der Waals surface area contributed by atoms with E-state index in [0.29, 0.717) is 6.07 Å². The highest BCUT2D eigenvalue weighted by molar-refractivity contribution is 14.1. The molecule has 0 saturated heterocycles. The molecule has 10 heteroatoms. The second-order valence-corrected chi connectivity index (χ2v) is 4.27. The fourth-order valence-corrected chi connectivity index (χ4v) is 2.71. The molecule has 17 heavy (non-hydrogen) atoms. The van der Waals surface area contributed by atoms with Crippen molar-refractivity contribution < 1.29 is 22.8 Å². The number of halogens is 5. The monoisotopic (exact) mass is 426 g/mol. The van der Waals surface area contributed by atoms with Crippen molar-refractivity contribution in [3.8, 4) is 5.75 Å². The van der Waals surface area contributed by atoms with E-state index in [-0.39, 0.29) is 14.6 Å². The first-order valence-electron chi connectivity index (χ1n) is 3.90. The Morgan fingerprint density at radius 1 is 1.59 bits per heavy atom. The van der Waals surface area contributed by atoms with E-state index in [1.54, 1.807) is 22.6 Å². The maximum absolute atomic E-state index is 12.1. The summed E-state index contributed by atoms with van der Waals surface area (Å²) in [5.41, 5.74) is 0.105. The van der Waals surface area contributed by atoms with Crippen LogP contribution in [0.2, 0.25) is 0 Å². The molecule has 1 aromatic rings. The van der Waals surface area contributed by atoms with Crippen LogP contribution in [0.5, 0.6) is 5.75 Å². The third kappa shape index (κ3) is 3.94. The van der Waals surface area contributed by atoms with Crippen LogP contribution in [-0.2, 0) is 5.33 Å². The number of ether oxygens (including phenoxy) is 1. The summed E-state index contributed by atoms with van der Waals surface area (Å²) in [5, 5.41) is 10.5. The van der Waals surface area contributed by atoms with Crippen LogP contribution < -0.4 is 4.74 Å². The van der Waals surface area contributed by atoms with Crippen LogP contribution in [0.3, 0.4) is 0 Å². The van der Waals surface area contributed by atoms with E-state index in [9.17, 15) is 23.3 Å². The fourth-order valence-electron chi connectivity index (χ4n) is 0.937. The molecular weight excluding hydrogens is 424 g/mol. The quantitative estimate of drug-likeness (QED) is 0.244. The van der Waals surface area contributed by atoms with Gasteiger partial charge in [0.15, 0.2) is 0 Å². The highest BCUT2D eigenvalue weighted by Gasteiger charge is 2.34. The lowest BCUT2D eigenvalue weighted by Crippen LogP contribution is -2.18. The van der Waals surface area contributed by atoms with E-state index in [1.165, 1.54) is 0 Å². The highest BCUT2D eigenvalue weighted by Crippen LogP contribution is 2.32. The first-order valence-corrected chi connectivity index (χ1v) is 6.10. The largest absolute Gasteiger partial charge is 0.573 e. The third-order valence-corrected chi connectivity index (χ3v) is 3.02. The molecule has 94 valence electrons. The third-order valence-electron chi connectivity index (χ3n) is 1.57. The van der Waals surface area contributed by atoms with Gasteiger partial charge in [0.05, 0.1) is 11.6 Å². The van der Waals surface area contributed by atoms with Gasteiger partial charge in [0, 0.05) is 27.9 Å². The minimum atomic E-state index is -4.91. The molecule has 0 aromatic carbocycles. The molecule has 1 heterocycles. The van der Waals surface area contributed by atoms with E-state index in [1.807, 2.05) is 0 Å². The number of hydrogen-bond acceptors (Lipinski definition) is 4. The summed E-state index contributed by atoms with van der Waals surface area (Å²) < 4.78 is 40.1. The van der Waals surface area contributed by atoms with Crippen LogP contribution in [0, 0.1) is 13.8 Å². The van der Waals surface area contributed by atoms with Crippen molar-refractivity contribution in [2.75, 3.05) is 0 Å². The highest BCUT2D eigenvalue weighted by atomic mass is 127. The van der Waals surface area contributed by atoms with Crippen molar-refractivity contribution in [2.45, 2.75) is 11.7 Å². The molecule has 0 spiro atoms. The lowest BCUT2D eigenvalue weighted by Gasteiger charge is -2.11. The molecule has 0 amide bonds. The Morgan fingerprint density at radius 3 is 2.59 bits per heavy atom. The summed E-state index contributed by atoms with van der Waals surface area (Å²) in [6.45, 7) is 0. The lowest BCUT2D eigenvalue weighted by molar-refractivity contribution is -0.389. The van der Waals surface area contributed by atoms with Gasteiger partial charge < -0.3 is 14.9 Å². The molecule has 0 radical (unpaired) electrons. The number of rotatable bonds is 3. The first kappa shape index (κ1) is 14.4. The van der Waals surface area contributed by atoms with Gasteiger partial charge in [-0.1, -0.05) is 15.9 Å². The summed E-state index contributed by atoms with van der Waals surface area (Å²) in [5.74, 6) is -1.32. The molecule has 0 aliphatic carbocycles. The van der Waals surface area contributed by atoms with Gasteiger partial charge in [0.1, 0.15) is 5.75 Å². The smallest absolute Gasteiger partial charge is 0.405 e. The van der Waals surface area contributed by atoms with Crippen molar-refractivity contribution in [2.24, 2.45) is 0 Å². The second-order valence-electron chi connectivity index (χ2n) is 2.69. The summed E-state index contributed by atoms with van der Waals surface area (Å²) in [4.78, 5) is 13.1. The van der Waals surface area contributed by atoms with Gasteiger partial charge in [-0.15, -0.1) is 13.2 Å². The molecule has 0 unspecified atom stereocenters. The average molecular weight is 427 g/mol. The van der Waals surface area contributed by atoms with Crippen molar-refractivity contribution in [3.05, 3.63) is 25.4 Å². The van der Waals surface area contributed by atoms with Gasteiger partial charge in [-0.3, -0.25) is 0 Å². The number of alkyl halides is 4. The number of pyridine rings is 1. The van der Waals surface area contributed by atoms with E-state index in [2.05, 4.69) is 25.7 Å². The van der Waals surface area contributed by atoms with Gasteiger partial charge in [-0.05, 0) is 9.91 Å². The topological polar surface area (TPSA) is 65.3 Å². The molecule has 5 nitrogen and oxygen atoms in total. The molecule has 0 saturated carbocycles. The van der Waals surface area contributed by atoms with Crippen LogP contribution in [0.25, 0.3) is 0 Å². The van der Waals surface area contributed by atoms with Crippen molar-refractivity contribution in [1.29, 1.82) is 0 Å². The molecule has 0 aliphatic heterocycles. The van der Waals surface area contributed by atoms with Crippen molar-refractivity contribution >= 4 is 44.3 Å². The molecule has 0 N–H and O–H groups in total. The minimum absolute atomic E-state index is 0.0433.